The van der Waals surface area contributed by atoms with Gasteiger partial charge in [0.25, 0.3) is 5.69 Å². The number of carbonyl (C=O) groups is 1. The van der Waals surface area contributed by atoms with Gasteiger partial charge in [0.1, 0.15) is 5.52 Å². The molecular weight excluding hydrogens is 356 g/mol. The minimum atomic E-state index is -1.14. The molecule has 0 spiro atoms. The van der Waals surface area contributed by atoms with E-state index in [9.17, 15) is 20.0 Å². The van der Waals surface area contributed by atoms with E-state index in [2.05, 4.69) is 4.98 Å². The Morgan fingerprint density at radius 2 is 1.79 bits per heavy atom. The molecule has 1 N–H and O–H groups in total. The molecule has 4 aromatic rings. The summed E-state index contributed by atoms with van der Waals surface area (Å²) >= 11 is 0. The van der Waals surface area contributed by atoms with E-state index in [1.807, 2.05) is 43.3 Å². The van der Waals surface area contributed by atoms with Crippen molar-refractivity contribution in [2.75, 3.05) is 0 Å². The van der Waals surface area contributed by atoms with Gasteiger partial charge in [0.2, 0.25) is 0 Å². The Labute approximate surface area is 160 Å². The molecule has 1 aromatic heterocycles. The molecule has 0 bridgehead atoms. The predicted molar refractivity (Wildman–Crippen MR) is 108 cm³/mol. The highest BCUT2D eigenvalue weighted by molar-refractivity contribution is 6.19. The van der Waals surface area contributed by atoms with Crippen LogP contribution in [0.15, 0.2) is 54.6 Å². The summed E-state index contributed by atoms with van der Waals surface area (Å²) < 4.78 is 0. The minimum absolute atomic E-state index is 0.0330. The van der Waals surface area contributed by atoms with Crippen molar-refractivity contribution in [3.63, 3.8) is 0 Å². The third kappa shape index (κ3) is 2.66. The maximum atomic E-state index is 12.3. The zero-order valence-corrected chi connectivity index (χ0v) is 15.3. The first kappa shape index (κ1) is 17.6. The Morgan fingerprint density at radius 3 is 2.43 bits per heavy atom. The van der Waals surface area contributed by atoms with E-state index in [-0.39, 0.29) is 16.8 Å². The number of carboxylic acids is 1. The van der Waals surface area contributed by atoms with Crippen LogP contribution in [0.25, 0.3) is 32.9 Å². The van der Waals surface area contributed by atoms with Crippen molar-refractivity contribution < 1.29 is 14.8 Å². The van der Waals surface area contributed by atoms with Gasteiger partial charge in [-0.3, -0.25) is 10.1 Å². The van der Waals surface area contributed by atoms with Crippen LogP contribution in [0.1, 0.15) is 21.5 Å². The van der Waals surface area contributed by atoms with Crippen LogP contribution < -0.4 is 0 Å². The smallest absolute Gasteiger partial charge is 0.337 e. The molecule has 0 radical (unpaired) electrons. The molecule has 0 unspecified atom stereocenters. The Hall–Kier alpha value is -3.80. The highest BCUT2D eigenvalue weighted by atomic mass is 16.6. The average molecular weight is 372 g/mol. The maximum absolute atomic E-state index is 12.3. The lowest BCUT2D eigenvalue weighted by Gasteiger charge is -2.15. The summed E-state index contributed by atoms with van der Waals surface area (Å²) in [6.45, 7) is 3.62. The second kappa shape index (κ2) is 6.42. The number of fused-ring (bicyclic) bond motifs is 2. The van der Waals surface area contributed by atoms with E-state index in [0.29, 0.717) is 27.4 Å². The second-order valence-electron chi connectivity index (χ2n) is 6.75. The van der Waals surface area contributed by atoms with E-state index >= 15 is 0 Å². The fourth-order valence-corrected chi connectivity index (χ4v) is 3.68. The monoisotopic (exact) mass is 372 g/mol. The van der Waals surface area contributed by atoms with Gasteiger partial charge in [0, 0.05) is 16.8 Å². The van der Waals surface area contributed by atoms with Gasteiger partial charge in [-0.25, -0.2) is 9.78 Å². The molecule has 0 saturated heterocycles. The largest absolute Gasteiger partial charge is 0.478 e. The number of rotatable bonds is 3. The van der Waals surface area contributed by atoms with E-state index < -0.39 is 10.9 Å². The number of hydrogen-bond donors (Lipinski definition) is 1. The summed E-state index contributed by atoms with van der Waals surface area (Å²) in [7, 11) is 0. The number of non-ortho nitro benzene ring substituents is 1. The number of pyridine rings is 1. The fraction of sp³-hybridized carbons (Fsp3) is 0.0909. The molecule has 4 rings (SSSR count). The van der Waals surface area contributed by atoms with Crippen LogP contribution in [-0.2, 0) is 0 Å². The molecule has 3 aromatic carbocycles. The minimum Gasteiger partial charge on any atom is -0.478 e. The van der Waals surface area contributed by atoms with Crippen molar-refractivity contribution in [3.05, 3.63) is 81.4 Å². The van der Waals surface area contributed by atoms with Gasteiger partial charge < -0.3 is 5.11 Å². The van der Waals surface area contributed by atoms with E-state index in [4.69, 9.17) is 0 Å². The van der Waals surface area contributed by atoms with Crippen molar-refractivity contribution in [1.82, 2.24) is 4.98 Å². The molecule has 6 nitrogen and oxygen atoms in total. The zero-order valence-electron chi connectivity index (χ0n) is 15.3. The second-order valence-corrected chi connectivity index (χ2v) is 6.75. The highest BCUT2D eigenvalue weighted by Crippen LogP contribution is 2.40. The highest BCUT2D eigenvalue weighted by Gasteiger charge is 2.26. The number of benzene rings is 3. The Balaban J connectivity index is 2.33. The van der Waals surface area contributed by atoms with Crippen LogP contribution in [0, 0.1) is 24.0 Å². The summed E-state index contributed by atoms with van der Waals surface area (Å²) in [6, 6.07) is 16.0. The Kier molecular flexibility index (Phi) is 4.04. The third-order valence-electron chi connectivity index (χ3n) is 4.85. The van der Waals surface area contributed by atoms with Crippen LogP contribution in [0.3, 0.4) is 0 Å². The number of carboxylic acid groups (broad SMARTS) is 1. The lowest BCUT2D eigenvalue weighted by atomic mass is 9.90. The summed E-state index contributed by atoms with van der Waals surface area (Å²) in [6.07, 6.45) is 0. The molecule has 6 heteroatoms. The number of nitro groups is 1. The number of aromatic nitrogens is 1. The molecule has 0 atom stereocenters. The van der Waals surface area contributed by atoms with Crippen molar-refractivity contribution in [1.29, 1.82) is 0 Å². The molecule has 0 fully saturated rings. The van der Waals surface area contributed by atoms with E-state index in [1.165, 1.54) is 6.07 Å². The molecule has 28 heavy (non-hydrogen) atoms. The number of nitro benzene ring substituents is 1. The van der Waals surface area contributed by atoms with Crippen LogP contribution in [0.4, 0.5) is 5.69 Å². The average Bonchev–Trinajstić information content (AvgIpc) is 2.66. The first-order chi connectivity index (χ1) is 13.4. The summed E-state index contributed by atoms with van der Waals surface area (Å²) in [4.78, 5) is 28.0. The van der Waals surface area contributed by atoms with Crippen molar-refractivity contribution >= 4 is 33.5 Å². The van der Waals surface area contributed by atoms with Crippen LogP contribution >= 0.6 is 0 Å². The quantitative estimate of drug-likeness (QED) is 0.300. The zero-order chi connectivity index (χ0) is 20.0. The van der Waals surface area contributed by atoms with Crippen molar-refractivity contribution in [3.8, 4) is 11.1 Å². The molecule has 0 saturated carbocycles. The molecule has 138 valence electrons. The van der Waals surface area contributed by atoms with Gasteiger partial charge in [0.05, 0.1) is 16.0 Å². The molecule has 0 aliphatic rings. The van der Waals surface area contributed by atoms with E-state index in [1.54, 1.807) is 19.1 Å². The van der Waals surface area contributed by atoms with Gasteiger partial charge in [-0.05, 0) is 42.2 Å². The topological polar surface area (TPSA) is 93.3 Å². The summed E-state index contributed by atoms with van der Waals surface area (Å²) in [5.74, 6) is -1.14. The van der Waals surface area contributed by atoms with Gasteiger partial charge in [-0.1, -0.05) is 42.5 Å². The molecular formula is C22H16N2O4. The van der Waals surface area contributed by atoms with Crippen molar-refractivity contribution in [2.24, 2.45) is 0 Å². The van der Waals surface area contributed by atoms with Gasteiger partial charge >= 0.3 is 5.97 Å². The number of aryl methyl sites for hydroxylation is 2. The summed E-state index contributed by atoms with van der Waals surface area (Å²) in [5.41, 5.74) is 3.31. The van der Waals surface area contributed by atoms with Crippen LogP contribution in [0.5, 0.6) is 0 Å². The van der Waals surface area contributed by atoms with Crippen LogP contribution in [-0.4, -0.2) is 21.0 Å². The fourth-order valence-electron chi connectivity index (χ4n) is 3.68. The predicted octanol–water partition coefficient (Wildman–Crippen LogP) is 5.28. The normalized spacial score (nSPS) is 11.1. The standard InChI is InChI=1S/C22H16N2O4/c1-12-8-9-15-16(10-12)23-21-17(24(27)28)11-13(2)18(14-6-4-3-5-7-14)20(21)19(15)22(25)26/h3-11H,1-2H3,(H,25,26). The number of hydrogen-bond acceptors (Lipinski definition) is 4. The number of aromatic carboxylic acids is 1. The maximum Gasteiger partial charge on any atom is 0.337 e. The lowest BCUT2D eigenvalue weighted by molar-refractivity contribution is -0.383. The molecule has 0 amide bonds. The van der Waals surface area contributed by atoms with E-state index in [0.717, 1.165) is 11.1 Å². The number of nitrogens with zero attached hydrogens (tertiary/aromatic N) is 2. The Morgan fingerprint density at radius 1 is 1.07 bits per heavy atom. The van der Waals surface area contributed by atoms with Crippen molar-refractivity contribution in [2.45, 2.75) is 13.8 Å². The van der Waals surface area contributed by atoms with Crippen LogP contribution in [0.2, 0.25) is 0 Å². The third-order valence-corrected chi connectivity index (χ3v) is 4.85. The molecule has 1 heterocycles. The van der Waals surface area contributed by atoms with Gasteiger partial charge in [-0.2, -0.15) is 0 Å². The first-order valence-electron chi connectivity index (χ1n) is 8.69. The molecule has 0 aliphatic heterocycles. The Bertz CT molecular complexity index is 1280. The SMILES string of the molecule is Cc1ccc2c(C(=O)O)c3c(-c4ccccc4)c(C)cc([N+](=O)[O-])c3nc2c1. The lowest BCUT2D eigenvalue weighted by Crippen LogP contribution is -2.05. The van der Waals surface area contributed by atoms with Gasteiger partial charge in [-0.15, -0.1) is 0 Å². The molecule has 0 aliphatic carbocycles. The first-order valence-corrected chi connectivity index (χ1v) is 8.69. The summed E-state index contributed by atoms with van der Waals surface area (Å²) in [5, 5.41) is 22.5. The van der Waals surface area contributed by atoms with Gasteiger partial charge in [0.15, 0.2) is 0 Å².